The minimum Gasteiger partial charge on any atom is -0.481 e. The van der Waals surface area contributed by atoms with E-state index in [1.807, 2.05) is 6.07 Å². The van der Waals surface area contributed by atoms with Crippen molar-refractivity contribution in [3.05, 3.63) is 24.0 Å². The molecule has 2 rings (SSSR count). The van der Waals surface area contributed by atoms with Crippen LogP contribution in [0.3, 0.4) is 0 Å². The smallest absolute Gasteiger partial charge is 0.308 e. The van der Waals surface area contributed by atoms with Crippen molar-refractivity contribution in [1.82, 2.24) is 9.88 Å². The van der Waals surface area contributed by atoms with Gasteiger partial charge in [0.1, 0.15) is 5.69 Å². The van der Waals surface area contributed by atoms with Crippen molar-refractivity contribution in [2.75, 3.05) is 31.6 Å². The largest absolute Gasteiger partial charge is 0.481 e. The first-order chi connectivity index (χ1) is 9.99. The molecular formula is C15H21N3O3. The molecule has 21 heavy (non-hydrogen) atoms. The molecule has 0 spiro atoms. The van der Waals surface area contributed by atoms with Gasteiger partial charge in [-0.15, -0.1) is 0 Å². The number of carboxylic acids is 1. The molecule has 1 aromatic rings. The molecule has 1 amide bonds. The number of carbonyl (C=O) groups is 2. The van der Waals surface area contributed by atoms with Gasteiger partial charge in [0.2, 0.25) is 0 Å². The van der Waals surface area contributed by atoms with Gasteiger partial charge in [-0.2, -0.15) is 0 Å². The van der Waals surface area contributed by atoms with Gasteiger partial charge in [-0.1, -0.05) is 6.92 Å². The summed E-state index contributed by atoms with van der Waals surface area (Å²) in [6, 6.07) is 3.69. The number of aliphatic carboxylic acids is 1. The van der Waals surface area contributed by atoms with E-state index in [1.54, 1.807) is 26.2 Å². The molecule has 114 valence electrons. The summed E-state index contributed by atoms with van der Waals surface area (Å²) in [5, 5.41) is 8.91. The van der Waals surface area contributed by atoms with Crippen LogP contribution in [0.25, 0.3) is 0 Å². The van der Waals surface area contributed by atoms with Crippen molar-refractivity contribution in [2.24, 2.45) is 5.92 Å². The lowest BCUT2D eigenvalue weighted by Gasteiger charge is -2.21. The predicted octanol–water partition coefficient (Wildman–Crippen LogP) is 1.47. The fraction of sp³-hybridized carbons (Fsp3) is 0.533. The van der Waals surface area contributed by atoms with E-state index in [0.29, 0.717) is 5.69 Å². The first kappa shape index (κ1) is 15.3. The van der Waals surface area contributed by atoms with Crippen LogP contribution >= 0.6 is 0 Å². The minimum atomic E-state index is -0.909. The summed E-state index contributed by atoms with van der Waals surface area (Å²) < 4.78 is 0. The van der Waals surface area contributed by atoms with E-state index < -0.39 is 11.9 Å². The number of amides is 1. The van der Waals surface area contributed by atoms with E-state index in [1.165, 1.54) is 17.7 Å². The van der Waals surface area contributed by atoms with Crippen LogP contribution in [-0.2, 0) is 4.79 Å². The molecule has 1 aromatic heterocycles. The molecule has 0 aromatic carbocycles. The lowest BCUT2D eigenvalue weighted by molar-refractivity contribution is -0.141. The third-order valence-electron chi connectivity index (χ3n) is 3.75. The van der Waals surface area contributed by atoms with Crippen molar-refractivity contribution >= 4 is 17.6 Å². The Hall–Kier alpha value is -2.11. The summed E-state index contributed by atoms with van der Waals surface area (Å²) >= 11 is 0. The molecule has 1 saturated heterocycles. The molecular weight excluding hydrogens is 270 g/mol. The van der Waals surface area contributed by atoms with Crippen molar-refractivity contribution < 1.29 is 14.7 Å². The highest BCUT2D eigenvalue weighted by molar-refractivity contribution is 5.93. The van der Waals surface area contributed by atoms with Crippen molar-refractivity contribution in [3.63, 3.8) is 0 Å². The Balaban J connectivity index is 2.08. The van der Waals surface area contributed by atoms with Crippen LogP contribution in [0.5, 0.6) is 0 Å². The Bertz CT molecular complexity index is 527. The van der Waals surface area contributed by atoms with Crippen molar-refractivity contribution in [3.8, 4) is 0 Å². The van der Waals surface area contributed by atoms with E-state index in [9.17, 15) is 9.59 Å². The van der Waals surface area contributed by atoms with Crippen LogP contribution in [0.1, 0.15) is 30.3 Å². The zero-order valence-corrected chi connectivity index (χ0v) is 12.5. The number of hydrogen-bond donors (Lipinski definition) is 1. The average Bonchev–Trinajstić information content (AvgIpc) is 3.00. The van der Waals surface area contributed by atoms with Crippen LogP contribution in [0.15, 0.2) is 18.3 Å². The third-order valence-corrected chi connectivity index (χ3v) is 3.75. The lowest BCUT2D eigenvalue weighted by Crippen LogP contribution is -2.34. The number of nitrogens with zero attached hydrogens (tertiary/aromatic N) is 3. The number of carboxylic acid groups (broad SMARTS) is 1. The molecule has 1 aliphatic heterocycles. The summed E-state index contributed by atoms with van der Waals surface area (Å²) in [6.45, 7) is 3.76. The molecule has 0 bridgehead atoms. The van der Waals surface area contributed by atoms with Crippen molar-refractivity contribution in [1.29, 1.82) is 0 Å². The zero-order chi connectivity index (χ0) is 15.4. The summed E-state index contributed by atoms with van der Waals surface area (Å²) in [6.07, 6.45) is 3.97. The van der Waals surface area contributed by atoms with Crippen LogP contribution < -0.4 is 4.90 Å². The fourth-order valence-corrected chi connectivity index (χ4v) is 2.48. The number of carbonyl (C=O) groups excluding carboxylic acids is 1. The number of hydrogen-bond acceptors (Lipinski definition) is 4. The highest BCUT2D eigenvalue weighted by Crippen LogP contribution is 2.20. The van der Waals surface area contributed by atoms with Gasteiger partial charge >= 0.3 is 5.97 Å². The molecule has 0 radical (unpaired) electrons. The standard InChI is InChI=1S/C15H21N3O3/c1-11(15(20)21)10-17(2)14(19)13-9-12(5-6-16-13)18-7-3-4-8-18/h5-6,9,11H,3-4,7-8,10H2,1-2H3,(H,20,21). The quantitative estimate of drug-likeness (QED) is 0.889. The highest BCUT2D eigenvalue weighted by Gasteiger charge is 2.20. The van der Waals surface area contributed by atoms with E-state index >= 15 is 0 Å². The van der Waals surface area contributed by atoms with Crippen LogP contribution in [-0.4, -0.2) is 53.5 Å². The molecule has 6 heteroatoms. The molecule has 0 saturated carbocycles. The van der Waals surface area contributed by atoms with Gasteiger partial charge in [0, 0.05) is 38.6 Å². The molecule has 1 atom stereocenters. The van der Waals surface area contributed by atoms with Gasteiger partial charge in [0.15, 0.2) is 0 Å². The molecule has 1 aliphatic rings. The second-order valence-electron chi connectivity index (χ2n) is 5.52. The maximum absolute atomic E-state index is 12.3. The molecule has 2 heterocycles. The number of rotatable bonds is 5. The minimum absolute atomic E-state index is 0.170. The summed E-state index contributed by atoms with van der Waals surface area (Å²) in [7, 11) is 1.60. The first-order valence-corrected chi connectivity index (χ1v) is 7.18. The lowest BCUT2D eigenvalue weighted by atomic mass is 10.1. The maximum atomic E-state index is 12.3. The van der Waals surface area contributed by atoms with E-state index in [2.05, 4.69) is 9.88 Å². The molecule has 1 fully saturated rings. The van der Waals surface area contributed by atoms with Crippen molar-refractivity contribution in [2.45, 2.75) is 19.8 Å². The zero-order valence-electron chi connectivity index (χ0n) is 12.5. The Kier molecular flexibility index (Phi) is 4.77. The SMILES string of the molecule is CC(CN(C)C(=O)c1cc(N2CCCC2)ccn1)C(=O)O. The molecule has 6 nitrogen and oxygen atoms in total. The Morgan fingerprint density at radius 3 is 2.71 bits per heavy atom. The molecule has 1 N–H and O–H groups in total. The summed E-state index contributed by atoms with van der Waals surface area (Å²) in [4.78, 5) is 30.9. The van der Waals surface area contributed by atoms with E-state index in [0.717, 1.165) is 18.8 Å². The topological polar surface area (TPSA) is 73.7 Å². The Morgan fingerprint density at radius 2 is 2.10 bits per heavy atom. The van der Waals surface area contributed by atoms with Gasteiger partial charge in [-0.3, -0.25) is 14.6 Å². The summed E-state index contributed by atoms with van der Waals surface area (Å²) in [5.41, 5.74) is 1.37. The second-order valence-corrected chi connectivity index (χ2v) is 5.52. The Morgan fingerprint density at radius 1 is 1.43 bits per heavy atom. The Labute approximate surface area is 124 Å². The normalized spacial score (nSPS) is 15.8. The number of aromatic nitrogens is 1. The molecule has 0 aliphatic carbocycles. The van der Waals surface area contributed by atoms with Gasteiger partial charge in [0.05, 0.1) is 5.92 Å². The highest BCUT2D eigenvalue weighted by atomic mass is 16.4. The van der Waals surface area contributed by atoms with E-state index in [-0.39, 0.29) is 12.5 Å². The molecule has 1 unspecified atom stereocenters. The third kappa shape index (κ3) is 3.71. The monoisotopic (exact) mass is 291 g/mol. The van der Waals surface area contributed by atoms with Crippen LogP contribution in [0.2, 0.25) is 0 Å². The number of pyridine rings is 1. The average molecular weight is 291 g/mol. The first-order valence-electron chi connectivity index (χ1n) is 7.18. The van der Waals surface area contributed by atoms with E-state index in [4.69, 9.17) is 5.11 Å². The van der Waals surface area contributed by atoms with Crippen LogP contribution in [0.4, 0.5) is 5.69 Å². The summed E-state index contributed by atoms with van der Waals surface area (Å²) in [5.74, 6) is -1.75. The van der Waals surface area contributed by atoms with Gasteiger partial charge in [-0.05, 0) is 25.0 Å². The second kappa shape index (κ2) is 6.56. The maximum Gasteiger partial charge on any atom is 0.308 e. The van der Waals surface area contributed by atoms with Gasteiger partial charge in [-0.25, -0.2) is 0 Å². The fourth-order valence-electron chi connectivity index (χ4n) is 2.48. The number of anilines is 1. The predicted molar refractivity (Wildman–Crippen MR) is 79.4 cm³/mol. The van der Waals surface area contributed by atoms with Crippen LogP contribution in [0, 0.1) is 5.92 Å². The van der Waals surface area contributed by atoms with Gasteiger partial charge in [0.25, 0.3) is 5.91 Å². The van der Waals surface area contributed by atoms with Gasteiger partial charge < -0.3 is 14.9 Å².